The monoisotopic (exact) mass is 338 g/mol. The summed E-state index contributed by atoms with van der Waals surface area (Å²) in [4.78, 5) is 16.5. The first-order valence-electron chi connectivity index (χ1n) is 7.09. The summed E-state index contributed by atoms with van der Waals surface area (Å²) in [6.45, 7) is 4.18. The van der Waals surface area contributed by atoms with Crippen LogP contribution >= 0.6 is 23.4 Å². The zero-order chi connectivity index (χ0) is 16.3. The van der Waals surface area contributed by atoms with Crippen molar-refractivity contribution in [1.82, 2.24) is 9.55 Å². The summed E-state index contributed by atoms with van der Waals surface area (Å²) in [7, 11) is 1.93. The molecule has 2 rings (SSSR count). The van der Waals surface area contributed by atoms with Crippen LogP contribution in [0.4, 0.5) is 0 Å². The highest BCUT2D eigenvalue weighted by molar-refractivity contribution is 7.99. The van der Waals surface area contributed by atoms with Gasteiger partial charge in [0.15, 0.2) is 0 Å². The van der Waals surface area contributed by atoms with Gasteiger partial charge >= 0.3 is 5.97 Å². The van der Waals surface area contributed by atoms with Crippen molar-refractivity contribution in [2.24, 2.45) is 7.05 Å². The number of nitrogens with zero attached hydrogens (tertiary/aromatic N) is 2. The van der Waals surface area contributed by atoms with Gasteiger partial charge in [-0.1, -0.05) is 43.3 Å². The van der Waals surface area contributed by atoms with Crippen molar-refractivity contribution in [2.75, 3.05) is 0 Å². The first-order chi connectivity index (χ1) is 10.4. The number of benzene rings is 1. The standard InChI is InChI=1S/C16H19ClN2O2S/c1-10(2)15-16(22-12-6-4-5-11(17)9-12)19(3)13(18-15)7-8-14(20)21/h4-6,9-10H,7-8H2,1-3H3,(H,20,21). The molecule has 1 aromatic heterocycles. The molecule has 0 unspecified atom stereocenters. The molecule has 118 valence electrons. The molecule has 0 atom stereocenters. The van der Waals surface area contributed by atoms with E-state index in [0.717, 1.165) is 21.4 Å². The normalized spacial score (nSPS) is 11.1. The van der Waals surface area contributed by atoms with Crippen LogP contribution in [0, 0.1) is 0 Å². The van der Waals surface area contributed by atoms with Gasteiger partial charge in [0.25, 0.3) is 0 Å². The average molecular weight is 339 g/mol. The lowest BCUT2D eigenvalue weighted by Crippen LogP contribution is -2.03. The van der Waals surface area contributed by atoms with E-state index in [9.17, 15) is 4.79 Å². The molecule has 4 nitrogen and oxygen atoms in total. The topological polar surface area (TPSA) is 55.1 Å². The quantitative estimate of drug-likeness (QED) is 0.850. The molecule has 0 aliphatic rings. The van der Waals surface area contributed by atoms with E-state index in [1.54, 1.807) is 11.8 Å². The van der Waals surface area contributed by atoms with E-state index in [4.69, 9.17) is 16.7 Å². The number of imidazole rings is 1. The van der Waals surface area contributed by atoms with Gasteiger partial charge in [-0.15, -0.1) is 0 Å². The third kappa shape index (κ3) is 4.05. The summed E-state index contributed by atoms with van der Waals surface area (Å²) in [6, 6.07) is 7.68. The van der Waals surface area contributed by atoms with Crippen LogP contribution in [0.2, 0.25) is 5.02 Å². The van der Waals surface area contributed by atoms with Gasteiger partial charge < -0.3 is 9.67 Å². The van der Waals surface area contributed by atoms with Gasteiger partial charge in [0.2, 0.25) is 0 Å². The van der Waals surface area contributed by atoms with Crippen LogP contribution in [0.3, 0.4) is 0 Å². The van der Waals surface area contributed by atoms with Crippen LogP contribution in [-0.2, 0) is 18.3 Å². The Hall–Kier alpha value is -1.46. The number of aliphatic carboxylic acids is 1. The summed E-state index contributed by atoms with van der Waals surface area (Å²) in [5.41, 5.74) is 0.993. The molecule has 2 aromatic rings. The molecular weight excluding hydrogens is 320 g/mol. The van der Waals surface area contributed by atoms with Crippen molar-refractivity contribution in [1.29, 1.82) is 0 Å². The van der Waals surface area contributed by atoms with Crippen LogP contribution in [0.25, 0.3) is 0 Å². The van der Waals surface area contributed by atoms with Gasteiger partial charge in [-0.25, -0.2) is 4.98 Å². The number of hydrogen-bond acceptors (Lipinski definition) is 3. The molecule has 1 heterocycles. The lowest BCUT2D eigenvalue weighted by molar-refractivity contribution is -0.137. The maximum Gasteiger partial charge on any atom is 0.303 e. The number of carboxylic acid groups (broad SMARTS) is 1. The van der Waals surface area contributed by atoms with Crippen molar-refractivity contribution in [3.05, 3.63) is 40.8 Å². The molecule has 0 bridgehead atoms. The first kappa shape index (κ1) is 16.9. The van der Waals surface area contributed by atoms with E-state index in [1.165, 1.54) is 0 Å². The third-order valence-corrected chi connectivity index (χ3v) is 4.68. The average Bonchev–Trinajstić information content (AvgIpc) is 2.74. The van der Waals surface area contributed by atoms with Crippen LogP contribution in [0.5, 0.6) is 0 Å². The summed E-state index contributed by atoms with van der Waals surface area (Å²) in [6.07, 6.45) is 0.519. The molecule has 0 saturated heterocycles. The van der Waals surface area contributed by atoms with Gasteiger partial charge in [-0.3, -0.25) is 4.79 Å². The van der Waals surface area contributed by atoms with Crippen molar-refractivity contribution >= 4 is 29.3 Å². The van der Waals surface area contributed by atoms with Crippen LogP contribution in [-0.4, -0.2) is 20.6 Å². The van der Waals surface area contributed by atoms with Gasteiger partial charge in [0, 0.05) is 23.4 Å². The fourth-order valence-corrected chi connectivity index (χ4v) is 3.57. The maximum atomic E-state index is 10.8. The number of carboxylic acids is 1. The van der Waals surface area contributed by atoms with Crippen molar-refractivity contribution in [3.63, 3.8) is 0 Å². The van der Waals surface area contributed by atoms with Crippen molar-refractivity contribution < 1.29 is 9.90 Å². The van der Waals surface area contributed by atoms with Gasteiger partial charge in [0.1, 0.15) is 10.9 Å². The lowest BCUT2D eigenvalue weighted by atomic mass is 10.1. The Morgan fingerprint density at radius 1 is 1.45 bits per heavy atom. The molecule has 22 heavy (non-hydrogen) atoms. The molecule has 0 saturated carbocycles. The second-order valence-electron chi connectivity index (χ2n) is 5.39. The highest BCUT2D eigenvalue weighted by Gasteiger charge is 2.18. The second kappa shape index (κ2) is 7.20. The Bertz CT molecular complexity index is 683. The van der Waals surface area contributed by atoms with Gasteiger partial charge in [0.05, 0.1) is 12.1 Å². The third-order valence-electron chi connectivity index (χ3n) is 3.28. The molecule has 0 spiro atoms. The minimum atomic E-state index is -0.807. The smallest absolute Gasteiger partial charge is 0.303 e. The Kier molecular flexibility index (Phi) is 5.53. The summed E-state index contributed by atoms with van der Waals surface area (Å²) < 4.78 is 1.99. The summed E-state index contributed by atoms with van der Waals surface area (Å²) in [5.74, 6) is 0.264. The van der Waals surface area contributed by atoms with E-state index in [-0.39, 0.29) is 12.3 Å². The molecule has 0 fully saturated rings. The molecular formula is C16H19ClN2O2S. The number of aryl methyl sites for hydroxylation is 1. The van der Waals surface area contributed by atoms with Crippen LogP contribution in [0.1, 0.15) is 37.7 Å². The number of rotatable bonds is 6. The zero-order valence-electron chi connectivity index (χ0n) is 12.8. The van der Waals surface area contributed by atoms with E-state index >= 15 is 0 Å². The predicted molar refractivity (Wildman–Crippen MR) is 88.8 cm³/mol. The molecule has 0 aliphatic carbocycles. The SMILES string of the molecule is CC(C)c1nc(CCC(=O)O)n(C)c1Sc1cccc(Cl)c1. The summed E-state index contributed by atoms with van der Waals surface area (Å²) in [5, 5.41) is 10.6. The zero-order valence-corrected chi connectivity index (χ0v) is 14.4. The van der Waals surface area contributed by atoms with Crippen molar-refractivity contribution in [2.45, 2.75) is 42.5 Å². The fourth-order valence-electron chi connectivity index (χ4n) is 2.13. The fraction of sp³-hybridized carbons (Fsp3) is 0.375. The second-order valence-corrected chi connectivity index (χ2v) is 6.88. The Morgan fingerprint density at radius 2 is 2.18 bits per heavy atom. The Balaban J connectivity index is 2.34. The molecule has 1 N–H and O–H groups in total. The van der Waals surface area contributed by atoms with E-state index < -0.39 is 5.97 Å². The lowest BCUT2D eigenvalue weighted by Gasteiger charge is -2.09. The van der Waals surface area contributed by atoms with Crippen molar-refractivity contribution in [3.8, 4) is 0 Å². The minimum Gasteiger partial charge on any atom is -0.481 e. The molecule has 0 amide bonds. The number of hydrogen-bond donors (Lipinski definition) is 1. The number of carbonyl (C=O) groups is 1. The van der Waals surface area contributed by atoms with Gasteiger partial charge in [-0.2, -0.15) is 0 Å². The molecule has 1 aromatic carbocycles. The number of aromatic nitrogens is 2. The first-order valence-corrected chi connectivity index (χ1v) is 8.28. The molecule has 0 aliphatic heterocycles. The van der Waals surface area contributed by atoms with E-state index in [0.29, 0.717) is 11.4 Å². The molecule has 6 heteroatoms. The molecule has 0 radical (unpaired) electrons. The number of halogens is 1. The van der Waals surface area contributed by atoms with Crippen LogP contribution < -0.4 is 0 Å². The van der Waals surface area contributed by atoms with E-state index in [2.05, 4.69) is 18.8 Å². The van der Waals surface area contributed by atoms with Gasteiger partial charge in [-0.05, 0) is 24.1 Å². The minimum absolute atomic E-state index is 0.0870. The highest BCUT2D eigenvalue weighted by atomic mass is 35.5. The largest absolute Gasteiger partial charge is 0.481 e. The highest BCUT2D eigenvalue weighted by Crippen LogP contribution is 2.35. The summed E-state index contributed by atoms with van der Waals surface area (Å²) >= 11 is 7.65. The Labute approximate surface area is 139 Å². The van der Waals surface area contributed by atoms with Crippen LogP contribution in [0.15, 0.2) is 34.2 Å². The Morgan fingerprint density at radius 3 is 2.77 bits per heavy atom. The van der Waals surface area contributed by atoms with E-state index in [1.807, 2.05) is 35.9 Å². The predicted octanol–water partition coefficient (Wildman–Crippen LogP) is 4.37. The maximum absolute atomic E-state index is 10.8.